The lowest BCUT2D eigenvalue weighted by Gasteiger charge is -2.24. The molecule has 3 heteroatoms. The van der Waals surface area contributed by atoms with Gasteiger partial charge in [-0.1, -0.05) is 12.2 Å². The molecule has 0 aromatic carbocycles. The molecule has 0 aromatic rings. The molecule has 1 N–H and O–H groups in total. The molecule has 3 atom stereocenters. The van der Waals surface area contributed by atoms with Gasteiger partial charge in [-0.15, -0.1) is 0 Å². The molecule has 0 radical (unpaired) electrons. The molecular formula is C17H27NO2. The summed E-state index contributed by atoms with van der Waals surface area (Å²) in [6.45, 7) is 9.95. The third-order valence-corrected chi connectivity index (χ3v) is 4.18. The summed E-state index contributed by atoms with van der Waals surface area (Å²) in [4.78, 5) is 0. The maximum atomic E-state index is 6.18. The van der Waals surface area contributed by atoms with Crippen LogP contribution in [0, 0.1) is 5.92 Å². The first-order valence-corrected chi connectivity index (χ1v) is 7.55. The highest BCUT2D eigenvalue weighted by Gasteiger charge is 2.46. The molecule has 0 amide bonds. The standard InChI is InChI=1S/C17H27NO2/c1-5-14(10-13(12(2)3)7-9-19-4)20-17-6-8-18-16-11-15(16)17/h5,10,15-18H,1,6-9,11H2,2-4H3/b14-10+. The predicted octanol–water partition coefficient (Wildman–Crippen LogP) is 3.20. The van der Waals surface area contributed by atoms with Crippen LogP contribution in [0.3, 0.4) is 0 Å². The summed E-state index contributed by atoms with van der Waals surface area (Å²) in [5.74, 6) is 1.59. The molecule has 2 aliphatic rings. The lowest BCUT2D eigenvalue weighted by Crippen LogP contribution is -2.33. The lowest BCUT2D eigenvalue weighted by molar-refractivity contribution is 0.0837. The Balaban J connectivity index is 2.00. The van der Waals surface area contributed by atoms with Gasteiger partial charge in [0, 0.05) is 19.1 Å². The fourth-order valence-electron chi connectivity index (χ4n) is 2.80. The molecule has 2 rings (SSSR count). The zero-order valence-corrected chi connectivity index (χ0v) is 12.9. The quantitative estimate of drug-likeness (QED) is 0.572. The van der Waals surface area contributed by atoms with Crippen LogP contribution < -0.4 is 5.32 Å². The van der Waals surface area contributed by atoms with E-state index in [-0.39, 0.29) is 0 Å². The molecule has 112 valence electrons. The van der Waals surface area contributed by atoms with Gasteiger partial charge in [0.05, 0.1) is 6.61 Å². The molecule has 2 fully saturated rings. The summed E-state index contributed by atoms with van der Waals surface area (Å²) in [6, 6.07) is 0.691. The Morgan fingerprint density at radius 1 is 1.40 bits per heavy atom. The van der Waals surface area contributed by atoms with E-state index in [4.69, 9.17) is 9.47 Å². The SMILES string of the molecule is C=C/C(=C\C(CCOC)=C(C)C)OC1CCNC2CC21. The van der Waals surface area contributed by atoms with E-state index in [9.17, 15) is 0 Å². The number of hydrogen-bond acceptors (Lipinski definition) is 3. The largest absolute Gasteiger partial charge is 0.490 e. The fraction of sp³-hybridized carbons (Fsp3) is 0.647. The van der Waals surface area contributed by atoms with Gasteiger partial charge in [-0.05, 0) is 57.4 Å². The molecule has 20 heavy (non-hydrogen) atoms. The molecular weight excluding hydrogens is 250 g/mol. The highest BCUT2D eigenvalue weighted by Crippen LogP contribution is 2.40. The highest BCUT2D eigenvalue weighted by molar-refractivity contribution is 5.29. The van der Waals surface area contributed by atoms with Gasteiger partial charge in [0.15, 0.2) is 0 Å². The maximum Gasteiger partial charge on any atom is 0.119 e. The van der Waals surface area contributed by atoms with Crippen molar-refractivity contribution in [3.05, 3.63) is 35.6 Å². The van der Waals surface area contributed by atoms with E-state index < -0.39 is 0 Å². The second-order valence-corrected chi connectivity index (χ2v) is 5.92. The van der Waals surface area contributed by atoms with Gasteiger partial charge in [0.1, 0.15) is 11.9 Å². The third-order valence-electron chi connectivity index (χ3n) is 4.18. The van der Waals surface area contributed by atoms with E-state index in [1.54, 1.807) is 7.11 Å². The van der Waals surface area contributed by atoms with Crippen LogP contribution in [0.5, 0.6) is 0 Å². The molecule has 1 saturated carbocycles. The van der Waals surface area contributed by atoms with Crippen molar-refractivity contribution in [2.75, 3.05) is 20.3 Å². The second-order valence-electron chi connectivity index (χ2n) is 5.92. The Bertz CT molecular complexity index is 407. The van der Waals surface area contributed by atoms with E-state index in [2.05, 4.69) is 31.8 Å². The van der Waals surface area contributed by atoms with E-state index in [0.717, 1.165) is 31.8 Å². The fourth-order valence-corrected chi connectivity index (χ4v) is 2.80. The number of hydrogen-bond donors (Lipinski definition) is 1. The first-order valence-electron chi connectivity index (χ1n) is 7.55. The van der Waals surface area contributed by atoms with Gasteiger partial charge in [0.25, 0.3) is 0 Å². The Kier molecular flexibility index (Phi) is 5.44. The minimum atomic E-state index is 0.353. The van der Waals surface area contributed by atoms with Crippen molar-refractivity contribution in [1.82, 2.24) is 5.32 Å². The molecule has 0 spiro atoms. The maximum absolute atomic E-state index is 6.18. The number of allylic oxidation sites excluding steroid dienone is 3. The number of ether oxygens (including phenoxy) is 2. The van der Waals surface area contributed by atoms with Gasteiger partial charge >= 0.3 is 0 Å². The van der Waals surface area contributed by atoms with Crippen molar-refractivity contribution in [2.24, 2.45) is 5.92 Å². The van der Waals surface area contributed by atoms with Crippen LogP contribution >= 0.6 is 0 Å². The number of methoxy groups -OCH3 is 1. The first-order chi connectivity index (χ1) is 9.65. The minimum absolute atomic E-state index is 0.353. The Hall–Kier alpha value is -1.06. The van der Waals surface area contributed by atoms with Gasteiger partial charge in [-0.25, -0.2) is 0 Å². The number of piperidine rings is 1. The Labute approximate surface area is 122 Å². The zero-order chi connectivity index (χ0) is 14.5. The van der Waals surface area contributed by atoms with Crippen LogP contribution in [0.15, 0.2) is 35.6 Å². The molecule has 1 saturated heterocycles. The molecule has 3 unspecified atom stereocenters. The van der Waals surface area contributed by atoms with Crippen molar-refractivity contribution in [1.29, 1.82) is 0 Å². The van der Waals surface area contributed by atoms with Crippen molar-refractivity contribution >= 4 is 0 Å². The normalized spacial score (nSPS) is 28.6. The number of rotatable bonds is 7. The average Bonchev–Trinajstić information content (AvgIpc) is 3.22. The van der Waals surface area contributed by atoms with Crippen LogP contribution in [0.1, 0.15) is 33.1 Å². The second kappa shape index (κ2) is 7.09. The summed E-state index contributed by atoms with van der Waals surface area (Å²) >= 11 is 0. The van der Waals surface area contributed by atoms with Crippen molar-refractivity contribution in [3.8, 4) is 0 Å². The van der Waals surface area contributed by atoms with Crippen LogP contribution in [-0.4, -0.2) is 32.4 Å². The van der Waals surface area contributed by atoms with Crippen LogP contribution in [0.25, 0.3) is 0 Å². The van der Waals surface area contributed by atoms with Crippen molar-refractivity contribution in [3.63, 3.8) is 0 Å². The van der Waals surface area contributed by atoms with Crippen molar-refractivity contribution in [2.45, 2.75) is 45.3 Å². The number of nitrogens with one attached hydrogen (secondary N) is 1. The zero-order valence-electron chi connectivity index (χ0n) is 12.9. The third kappa shape index (κ3) is 3.97. The lowest BCUT2D eigenvalue weighted by atomic mass is 10.1. The van der Waals surface area contributed by atoms with Gasteiger partial charge in [-0.2, -0.15) is 0 Å². The van der Waals surface area contributed by atoms with E-state index >= 15 is 0 Å². The minimum Gasteiger partial charge on any atom is -0.490 e. The summed E-state index contributed by atoms with van der Waals surface area (Å²) < 4.78 is 11.4. The Morgan fingerprint density at radius 2 is 2.20 bits per heavy atom. The molecule has 0 bridgehead atoms. The van der Waals surface area contributed by atoms with Crippen LogP contribution in [0.4, 0.5) is 0 Å². The molecule has 1 aliphatic heterocycles. The summed E-state index contributed by atoms with van der Waals surface area (Å²) in [5, 5.41) is 3.51. The summed E-state index contributed by atoms with van der Waals surface area (Å²) in [5.41, 5.74) is 2.59. The van der Waals surface area contributed by atoms with E-state index in [1.165, 1.54) is 17.6 Å². The van der Waals surface area contributed by atoms with Gasteiger partial charge in [-0.3, -0.25) is 0 Å². The van der Waals surface area contributed by atoms with Crippen molar-refractivity contribution < 1.29 is 9.47 Å². The van der Waals surface area contributed by atoms with Crippen LogP contribution in [0.2, 0.25) is 0 Å². The van der Waals surface area contributed by atoms with Gasteiger partial charge in [0.2, 0.25) is 0 Å². The van der Waals surface area contributed by atoms with Gasteiger partial charge < -0.3 is 14.8 Å². The topological polar surface area (TPSA) is 30.5 Å². The molecule has 3 nitrogen and oxygen atoms in total. The molecule has 1 heterocycles. The molecule has 0 aromatic heterocycles. The van der Waals surface area contributed by atoms with E-state index in [0.29, 0.717) is 18.1 Å². The Morgan fingerprint density at radius 3 is 2.85 bits per heavy atom. The predicted molar refractivity (Wildman–Crippen MR) is 82.5 cm³/mol. The highest BCUT2D eigenvalue weighted by atomic mass is 16.5. The monoisotopic (exact) mass is 277 g/mol. The van der Waals surface area contributed by atoms with E-state index in [1.807, 2.05) is 6.08 Å². The summed E-state index contributed by atoms with van der Waals surface area (Å²) in [7, 11) is 1.74. The first kappa shape index (κ1) is 15.3. The average molecular weight is 277 g/mol. The van der Waals surface area contributed by atoms with Crippen LogP contribution in [-0.2, 0) is 9.47 Å². The number of fused-ring (bicyclic) bond motifs is 1. The smallest absolute Gasteiger partial charge is 0.119 e. The molecule has 1 aliphatic carbocycles. The summed E-state index contributed by atoms with van der Waals surface area (Å²) in [6.07, 6.45) is 7.57.